The first kappa shape index (κ1) is 15.7. The average Bonchev–Trinajstić information content (AvgIpc) is 3.18. The van der Waals surface area contributed by atoms with Crippen LogP contribution >= 0.6 is 0 Å². The van der Waals surface area contributed by atoms with E-state index in [4.69, 9.17) is 4.74 Å². The van der Waals surface area contributed by atoms with Crippen molar-refractivity contribution < 1.29 is 9.53 Å². The van der Waals surface area contributed by atoms with Gasteiger partial charge in [0.25, 0.3) is 0 Å². The van der Waals surface area contributed by atoms with Crippen LogP contribution in [0.3, 0.4) is 0 Å². The number of ether oxygens (including phenoxy) is 1. The maximum absolute atomic E-state index is 12.3. The number of amides is 1. The highest BCUT2D eigenvalue weighted by molar-refractivity contribution is 5.85. The van der Waals surface area contributed by atoms with Crippen molar-refractivity contribution in [3.8, 4) is 0 Å². The Kier molecular flexibility index (Phi) is 4.29. The Labute approximate surface area is 142 Å². The summed E-state index contributed by atoms with van der Waals surface area (Å²) in [5, 5.41) is 4.25. The van der Waals surface area contributed by atoms with Crippen LogP contribution < -0.4 is 5.32 Å². The molecular weight excluding hydrogens is 302 g/mol. The molecule has 2 aromatic rings. The van der Waals surface area contributed by atoms with Crippen molar-refractivity contribution in [1.82, 2.24) is 14.8 Å². The van der Waals surface area contributed by atoms with Crippen molar-refractivity contribution in [3.63, 3.8) is 0 Å². The highest BCUT2D eigenvalue weighted by Gasteiger charge is 2.32. The van der Waals surface area contributed by atoms with Crippen molar-refractivity contribution in [2.75, 3.05) is 26.2 Å². The molecule has 2 aliphatic rings. The predicted octanol–water partition coefficient (Wildman–Crippen LogP) is 1.93. The van der Waals surface area contributed by atoms with E-state index in [1.807, 2.05) is 16.7 Å². The van der Waals surface area contributed by atoms with Crippen molar-refractivity contribution >= 4 is 16.8 Å². The van der Waals surface area contributed by atoms with Crippen LogP contribution in [0.1, 0.15) is 18.4 Å². The van der Waals surface area contributed by atoms with E-state index in [0.29, 0.717) is 19.1 Å². The van der Waals surface area contributed by atoms with Crippen molar-refractivity contribution in [1.29, 1.82) is 0 Å². The number of hydrogen-bond acceptors (Lipinski definition) is 3. The number of nitrogens with one attached hydrogen (secondary N) is 1. The molecule has 2 saturated heterocycles. The molecule has 0 radical (unpaired) electrons. The molecule has 0 aliphatic carbocycles. The lowest BCUT2D eigenvalue weighted by Crippen LogP contribution is -2.50. The maximum Gasteiger partial charge on any atom is 0.240 e. The van der Waals surface area contributed by atoms with Gasteiger partial charge in [-0.15, -0.1) is 0 Å². The zero-order chi connectivity index (χ0) is 16.5. The van der Waals surface area contributed by atoms with E-state index in [1.165, 1.54) is 30.3 Å². The van der Waals surface area contributed by atoms with Gasteiger partial charge in [-0.3, -0.25) is 9.69 Å². The molecule has 5 heteroatoms. The first-order valence-electron chi connectivity index (χ1n) is 8.87. The second kappa shape index (κ2) is 6.57. The van der Waals surface area contributed by atoms with Gasteiger partial charge in [0.05, 0.1) is 12.7 Å². The summed E-state index contributed by atoms with van der Waals surface area (Å²) in [5.41, 5.74) is 2.31. The summed E-state index contributed by atoms with van der Waals surface area (Å²) in [6.45, 7) is 5.96. The number of benzene rings is 1. The van der Waals surface area contributed by atoms with Gasteiger partial charge in [-0.1, -0.05) is 18.2 Å². The molecular formula is C19H25N3O2. The molecule has 24 heavy (non-hydrogen) atoms. The van der Waals surface area contributed by atoms with E-state index in [1.54, 1.807) is 0 Å². The van der Waals surface area contributed by atoms with Gasteiger partial charge in [0.2, 0.25) is 5.91 Å². The fourth-order valence-electron chi connectivity index (χ4n) is 4.01. The number of morpholine rings is 1. The van der Waals surface area contributed by atoms with E-state index < -0.39 is 0 Å². The highest BCUT2D eigenvalue weighted by atomic mass is 16.5. The van der Waals surface area contributed by atoms with E-state index in [2.05, 4.69) is 35.5 Å². The fourth-order valence-corrected chi connectivity index (χ4v) is 4.01. The second-order valence-electron chi connectivity index (χ2n) is 7.01. The second-order valence-corrected chi connectivity index (χ2v) is 7.01. The Morgan fingerprint density at radius 2 is 2.25 bits per heavy atom. The van der Waals surface area contributed by atoms with Crippen LogP contribution in [0.15, 0.2) is 30.5 Å². The molecule has 4 rings (SSSR count). The third-order valence-electron chi connectivity index (χ3n) is 5.29. The molecule has 1 aromatic carbocycles. The third-order valence-corrected chi connectivity index (χ3v) is 5.29. The first-order valence-corrected chi connectivity index (χ1v) is 8.87. The van der Waals surface area contributed by atoms with Gasteiger partial charge in [0.1, 0.15) is 6.54 Å². The lowest BCUT2D eigenvalue weighted by Gasteiger charge is -2.35. The summed E-state index contributed by atoms with van der Waals surface area (Å²) in [6, 6.07) is 8.81. The van der Waals surface area contributed by atoms with Crippen LogP contribution in [0.25, 0.3) is 10.9 Å². The number of carbonyl (C=O) groups excluding carboxylic acids is 1. The molecule has 0 saturated carbocycles. The summed E-state index contributed by atoms with van der Waals surface area (Å²) >= 11 is 0. The van der Waals surface area contributed by atoms with Crippen LogP contribution in [0.2, 0.25) is 0 Å². The van der Waals surface area contributed by atoms with Crippen molar-refractivity contribution in [2.24, 2.45) is 0 Å². The van der Waals surface area contributed by atoms with Gasteiger partial charge in [0.15, 0.2) is 0 Å². The van der Waals surface area contributed by atoms with E-state index in [9.17, 15) is 4.79 Å². The van der Waals surface area contributed by atoms with Crippen LogP contribution in [-0.4, -0.2) is 53.8 Å². The summed E-state index contributed by atoms with van der Waals surface area (Å²) < 4.78 is 7.93. The molecule has 5 nitrogen and oxygen atoms in total. The molecule has 1 aromatic heterocycles. The maximum atomic E-state index is 12.3. The summed E-state index contributed by atoms with van der Waals surface area (Å²) in [5.74, 6) is 0.0444. The lowest BCUT2D eigenvalue weighted by atomic mass is 10.2. The van der Waals surface area contributed by atoms with Crippen LogP contribution in [-0.2, 0) is 16.1 Å². The molecule has 128 valence electrons. The zero-order valence-electron chi connectivity index (χ0n) is 14.2. The van der Waals surface area contributed by atoms with Gasteiger partial charge in [-0.25, -0.2) is 0 Å². The van der Waals surface area contributed by atoms with Crippen LogP contribution in [0, 0.1) is 6.92 Å². The highest BCUT2D eigenvalue weighted by Crippen LogP contribution is 2.22. The lowest BCUT2D eigenvalue weighted by molar-refractivity contribution is -0.123. The number of aryl methyl sites for hydroxylation is 1. The largest absolute Gasteiger partial charge is 0.373 e. The third kappa shape index (κ3) is 3.06. The topological polar surface area (TPSA) is 46.5 Å². The Balaban J connectivity index is 1.33. The van der Waals surface area contributed by atoms with Gasteiger partial charge in [-0.05, 0) is 37.9 Å². The minimum Gasteiger partial charge on any atom is -0.373 e. The quantitative estimate of drug-likeness (QED) is 0.933. The number of carbonyl (C=O) groups is 1. The van der Waals surface area contributed by atoms with Gasteiger partial charge in [0, 0.05) is 36.2 Å². The van der Waals surface area contributed by atoms with Gasteiger partial charge >= 0.3 is 0 Å². The number of fused-ring (bicyclic) bond motifs is 2. The average molecular weight is 327 g/mol. The molecule has 2 atom stereocenters. The number of nitrogens with zero attached hydrogens (tertiary/aromatic N) is 2. The van der Waals surface area contributed by atoms with Crippen LogP contribution in [0.5, 0.6) is 0 Å². The van der Waals surface area contributed by atoms with Crippen molar-refractivity contribution in [3.05, 3.63) is 36.0 Å². The minimum atomic E-state index is 0.0444. The Bertz CT molecular complexity index is 739. The van der Waals surface area contributed by atoms with Crippen LogP contribution in [0.4, 0.5) is 0 Å². The summed E-state index contributed by atoms with van der Waals surface area (Å²) in [6.07, 6.45) is 4.69. The molecule has 2 unspecified atom stereocenters. The molecule has 2 aliphatic heterocycles. The number of rotatable bonds is 4. The summed E-state index contributed by atoms with van der Waals surface area (Å²) in [4.78, 5) is 14.8. The standard InChI is InChI=1S/C19H25N3O2/c1-14-10-22(18-7-3-2-6-17(14)18)12-19(23)20-9-16-11-21-8-4-5-15(21)13-24-16/h2-3,6-7,10,15-16H,4-5,8-9,11-13H2,1H3,(H,20,23). The zero-order valence-corrected chi connectivity index (χ0v) is 14.2. The number of hydrogen-bond donors (Lipinski definition) is 1. The summed E-state index contributed by atoms with van der Waals surface area (Å²) in [7, 11) is 0. The van der Waals surface area contributed by atoms with E-state index in [-0.39, 0.29) is 12.0 Å². The van der Waals surface area contributed by atoms with E-state index in [0.717, 1.165) is 18.7 Å². The van der Waals surface area contributed by atoms with Gasteiger partial charge < -0.3 is 14.6 Å². The molecule has 3 heterocycles. The number of aromatic nitrogens is 1. The SMILES string of the molecule is Cc1cn(CC(=O)NCC2CN3CCCC3CO2)c2ccccc12. The predicted molar refractivity (Wildman–Crippen MR) is 94.0 cm³/mol. The Hall–Kier alpha value is -1.85. The van der Waals surface area contributed by atoms with E-state index >= 15 is 0 Å². The first-order chi connectivity index (χ1) is 11.7. The molecule has 0 bridgehead atoms. The molecule has 1 N–H and O–H groups in total. The minimum absolute atomic E-state index is 0.0444. The molecule has 2 fully saturated rings. The van der Waals surface area contributed by atoms with Gasteiger partial charge in [-0.2, -0.15) is 0 Å². The number of para-hydroxylation sites is 1. The fraction of sp³-hybridized carbons (Fsp3) is 0.526. The Morgan fingerprint density at radius 3 is 3.17 bits per heavy atom. The molecule has 0 spiro atoms. The smallest absolute Gasteiger partial charge is 0.240 e. The van der Waals surface area contributed by atoms with Crippen molar-refractivity contribution in [2.45, 2.75) is 38.5 Å². The molecule has 1 amide bonds. The Morgan fingerprint density at radius 1 is 1.38 bits per heavy atom. The monoisotopic (exact) mass is 327 g/mol. The normalized spacial score (nSPS) is 24.2.